The number of nitrogens with one attached hydrogen (secondary N) is 3. The van der Waals surface area contributed by atoms with Crippen LogP contribution < -0.4 is 16.0 Å². The Morgan fingerprint density at radius 3 is 2.34 bits per heavy atom. The number of carbonyl (C=O) groups excluding carboxylic acids is 3. The molecule has 0 radical (unpaired) electrons. The van der Waals surface area contributed by atoms with Gasteiger partial charge in [0.1, 0.15) is 5.70 Å². The van der Waals surface area contributed by atoms with E-state index in [0.717, 1.165) is 4.90 Å². The number of hydrogen-bond acceptors (Lipinski definition) is 5. The number of benzene rings is 3. The molecule has 3 amide bonds. The van der Waals surface area contributed by atoms with E-state index in [1.54, 1.807) is 97.3 Å². The summed E-state index contributed by atoms with van der Waals surface area (Å²) in [6.45, 7) is 0. The Morgan fingerprint density at radius 1 is 0.842 bits per heavy atom. The van der Waals surface area contributed by atoms with Gasteiger partial charge in [0.15, 0.2) is 0 Å². The molecule has 3 N–H and O–H groups in total. The second-order valence-electron chi connectivity index (χ2n) is 7.99. The van der Waals surface area contributed by atoms with Gasteiger partial charge in [0, 0.05) is 39.3 Å². The monoisotopic (exact) mass is 542 g/mol. The average molecular weight is 543 g/mol. The van der Waals surface area contributed by atoms with Crippen molar-refractivity contribution in [2.24, 2.45) is 0 Å². The van der Waals surface area contributed by atoms with E-state index in [4.69, 9.17) is 11.6 Å². The van der Waals surface area contributed by atoms with E-state index in [2.05, 4.69) is 20.9 Å². The molecule has 0 unspecified atom stereocenters. The summed E-state index contributed by atoms with van der Waals surface area (Å²) in [5.74, 6) is -0.926. The van der Waals surface area contributed by atoms with Gasteiger partial charge >= 0.3 is 0 Å². The fourth-order valence-corrected chi connectivity index (χ4v) is 4.29. The minimum atomic E-state index is -0.501. The van der Waals surface area contributed by atoms with Crippen molar-refractivity contribution in [3.8, 4) is 0 Å². The molecule has 1 heterocycles. The van der Waals surface area contributed by atoms with E-state index in [1.165, 1.54) is 11.8 Å². The molecule has 0 spiro atoms. The summed E-state index contributed by atoms with van der Waals surface area (Å²) in [5, 5.41) is 8.86. The molecule has 38 heavy (non-hydrogen) atoms. The topological polar surface area (TPSA) is 100 Å². The lowest BCUT2D eigenvalue weighted by Gasteiger charge is -2.12. The third-order valence-electron chi connectivity index (χ3n) is 5.09. The summed E-state index contributed by atoms with van der Waals surface area (Å²) in [5.41, 5.74) is 2.27. The van der Waals surface area contributed by atoms with Gasteiger partial charge in [0.2, 0.25) is 5.91 Å². The zero-order valence-corrected chi connectivity index (χ0v) is 21.6. The minimum absolute atomic E-state index is 0.0609. The second kappa shape index (κ2) is 13.2. The van der Waals surface area contributed by atoms with Gasteiger partial charge in [-0.3, -0.25) is 19.4 Å². The number of pyridine rings is 1. The van der Waals surface area contributed by atoms with Gasteiger partial charge in [-0.25, -0.2) is 0 Å². The van der Waals surface area contributed by atoms with Crippen molar-refractivity contribution in [2.75, 3.05) is 16.4 Å². The highest BCUT2D eigenvalue weighted by atomic mass is 35.5. The number of carbonyl (C=O) groups is 3. The maximum atomic E-state index is 13.2. The lowest BCUT2D eigenvalue weighted by molar-refractivity contribution is -0.114. The maximum Gasteiger partial charge on any atom is 0.272 e. The highest BCUT2D eigenvalue weighted by Crippen LogP contribution is 2.23. The van der Waals surface area contributed by atoms with Crippen molar-refractivity contribution < 1.29 is 14.4 Å². The summed E-state index contributed by atoms with van der Waals surface area (Å²) in [6.07, 6.45) is 4.77. The van der Waals surface area contributed by atoms with Crippen molar-refractivity contribution in [1.82, 2.24) is 10.3 Å². The molecule has 4 aromatic rings. The van der Waals surface area contributed by atoms with E-state index in [-0.39, 0.29) is 17.4 Å². The molecule has 0 saturated carbocycles. The highest BCUT2D eigenvalue weighted by Gasteiger charge is 2.15. The molecular weight excluding hydrogens is 520 g/mol. The minimum Gasteiger partial charge on any atom is -0.325 e. The zero-order valence-electron chi connectivity index (χ0n) is 20.1. The van der Waals surface area contributed by atoms with Crippen LogP contribution in [-0.4, -0.2) is 28.5 Å². The number of rotatable bonds is 9. The van der Waals surface area contributed by atoms with Crippen LogP contribution in [0.1, 0.15) is 15.9 Å². The maximum absolute atomic E-state index is 13.2. The molecule has 9 heteroatoms. The van der Waals surface area contributed by atoms with Crippen LogP contribution >= 0.6 is 23.4 Å². The van der Waals surface area contributed by atoms with Crippen LogP contribution in [0, 0.1) is 0 Å². The molecule has 0 atom stereocenters. The van der Waals surface area contributed by atoms with Crippen molar-refractivity contribution in [3.63, 3.8) is 0 Å². The van der Waals surface area contributed by atoms with E-state index in [9.17, 15) is 14.4 Å². The van der Waals surface area contributed by atoms with Crippen molar-refractivity contribution in [3.05, 3.63) is 125 Å². The molecule has 190 valence electrons. The van der Waals surface area contributed by atoms with Crippen molar-refractivity contribution in [2.45, 2.75) is 4.90 Å². The smallest absolute Gasteiger partial charge is 0.272 e. The first-order valence-electron chi connectivity index (χ1n) is 11.5. The fraction of sp³-hybridized carbons (Fsp3) is 0.0345. The van der Waals surface area contributed by atoms with Gasteiger partial charge in [-0.1, -0.05) is 48.0 Å². The van der Waals surface area contributed by atoms with Gasteiger partial charge in [-0.2, -0.15) is 0 Å². The lowest BCUT2D eigenvalue weighted by Crippen LogP contribution is -2.30. The molecule has 0 fully saturated rings. The van der Waals surface area contributed by atoms with E-state index >= 15 is 0 Å². The molecule has 1 aromatic heterocycles. The number of aromatic nitrogens is 1. The van der Waals surface area contributed by atoms with E-state index in [0.29, 0.717) is 27.5 Å². The largest absolute Gasteiger partial charge is 0.325 e. The third kappa shape index (κ3) is 8.06. The number of nitrogens with zero attached hydrogens (tertiary/aromatic N) is 1. The molecule has 4 rings (SSSR count). The third-order valence-corrected chi connectivity index (χ3v) is 6.32. The van der Waals surface area contributed by atoms with Crippen LogP contribution in [0.4, 0.5) is 11.4 Å². The Morgan fingerprint density at radius 2 is 1.61 bits per heavy atom. The number of anilines is 2. The number of halogens is 1. The summed E-state index contributed by atoms with van der Waals surface area (Å²) in [6, 6.07) is 26.2. The quantitative estimate of drug-likeness (QED) is 0.181. The lowest BCUT2D eigenvalue weighted by atomic mass is 10.2. The molecular formula is C29H23ClN4O3S. The van der Waals surface area contributed by atoms with Crippen LogP contribution in [0.3, 0.4) is 0 Å². The predicted octanol–water partition coefficient (Wildman–Crippen LogP) is 5.88. The second-order valence-corrected chi connectivity index (χ2v) is 9.48. The summed E-state index contributed by atoms with van der Waals surface area (Å²) in [4.78, 5) is 43.2. The van der Waals surface area contributed by atoms with Gasteiger partial charge in [-0.15, -0.1) is 11.8 Å². The summed E-state index contributed by atoms with van der Waals surface area (Å²) >= 11 is 7.29. The molecule has 0 bridgehead atoms. The summed E-state index contributed by atoms with van der Waals surface area (Å²) < 4.78 is 0. The first kappa shape index (κ1) is 26.7. The van der Waals surface area contributed by atoms with Crippen LogP contribution in [-0.2, 0) is 9.59 Å². The van der Waals surface area contributed by atoms with Gasteiger partial charge < -0.3 is 16.0 Å². The first-order chi connectivity index (χ1) is 18.5. The van der Waals surface area contributed by atoms with Crippen LogP contribution in [0.15, 0.2) is 114 Å². The standard InChI is InChI=1S/C29H23ClN4O3S/c30-22-10-4-11-23(16-22)32-27(35)19-38-25-13-5-12-24(17-25)33-29(37)26(15-20-7-6-14-31-18-20)34-28(36)21-8-2-1-3-9-21/h1-18H,19H2,(H,32,35)(H,33,37)(H,34,36)/b26-15-. The molecule has 0 saturated heterocycles. The van der Waals surface area contributed by atoms with Crippen molar-refractivity contribution in [1.29, 1.82) is 0 Å². The Kier molecular flexibility index (Phi) is 9.28. The molecule has 0 aliphatic rings. The summed E-state index contributed by atoms with van der Waals surface area (Å²) in [7, 11) is 0. The predicted molar refractivity (Wildman–Crippen MR) is 152 cm³/mol. The average Bonchev–Trinajstić information content (AvgIpc) is 2.93. The Balaban J connectivity index is 1.43. The van der Waals surface area contributed by atoms with Crippen molar-refractivity contribution >= 4 is 58.5 Å². The van der Waals surface area contributed by atoms with Crippen LogP contribution in [0.5, 0.6) is 0 Å². The first-order valence-corrected chi connectivity index (χ1v) is 12.9. The Labute approximate surface area is 229 Å². The van der Waals surface area contributed by atoms with Gasteiger partial charge in [0.05, 0.1) is 5.75 Å². The van der Waals surface area contributed by atoms with E-state index in [1.807, 2.05) is 12.1 Å². The highest BCUT2D eigenvalue weighted by molar-refractivity contribution is 8.00. The van der Waals surface area contributed by atoms with Gasteiger partial charge in [0.25, 0.3) is 11.8 Å². The van der Waals surface area contributed by atoms with Gasteiger partial charge in [-0.05, 0) is 66.2 Å². The van der Waals surface area contributed by atoms with E-state index < -0.39 is 11.8 Å². The molecule has 7 nitrogen and oxygen atoms in total. The molecule has 3 aromatic carbocycles. The van der Waals surface area contributed by atoms with Crippen LogP contribution in [0.2, 0.25) is 5.02 Å². The number of hydrogen-bond donors (Lipinski definition) is 3. The SMILES string of the molecule is O=C(CSc1cccc(NC(=O)/C(=C/c2cccnc2)NC(=O)c2ccccc2)c1)Nc1cccc(Cl)c1. The number of thioether (sulfide) groups is 1. The Hall–Kier alpha value is -4.40. The molecule has 0 aliphatic carbocycles. The molecule has 0 aliphatic heterocycles. The number of amides is 3. The fourth-order valence-electron chi connectivity index (χ4n) is 3.34. The normalized spacial score (nSPS) is 10.9. The van der Waals surface area contributed by atoms with Crippen LogP contribution in [0.25, 0.3) is 6.08 Å². The Bertz CT molecular complexity index is 1460. The zero-order chi connectivity index (χ0) is 26.7.